The number of hydrogen-bond acceptors (Lipinski definition) is 5. The summed E-state index contributed by atoms with van der Waals surface area (Å²) in [5.74, 6) is 0.589. The summed E-state index contributed by atoms with van der Waals surface area (Å²) in [6, 6.07) is 8.79. The van der Waals surface area contributed by atoms with Crippen LogP contribution in [0.3, 0.4) is 0 Å². The zero-order valence-corrected chi connectivity index (χ0v) is 9.55. The Balaban J connectivity index is 2.27. The topological polar surface area (TPSA) is 71.9 Å². The summed E-state index contributed by atoms with van der Waals surface area (Å²) in [5, 5.41) is 9.39. The van der Waals surface area contributed by atoms with E-state index in [1.165, 1.54) is 0 Å². The number of anilines is 1. The number of aromatic nitrogens is 1. The Morgan fingerprint density at radius 1 is 1.38 bits per heavy atom. The molecule has 0 spiro atoms. The Kier molecular flexibility index (Phi) is 2.95. The lowest BCUT2D eigenvalue weighted by Gasteiger charge is -2.02. The minimum Gasteiger partial charge on any atom is -0.444 e. The van der Waals surface area contributed by atoms with Gasteiger partial charge < -0.3 is 10.5 Å². The first-order chi connectivity index (χ1) is 7.70. The largest absolute Gasteiger partial charge is 0.444 e. The molecule has 0 unspecified atom stereocenters. The summed E-state index contributed by atoms with van der Waals surface area (Å²) >= 11 is 6.76. The molecule has 0 bridgehead atoms. The van der Waals surface area contributed by atoms with Gasteiger partial charge in [0.1, 0.15) is 17.4 Å². The fourth-order valence-corrected chi connectivity index (χ4v) is 1.97. The first kappa shape index (κ1) is 10.7. The molecule has 80 valence electrons. The van der Waals surface area contributed by atoms with Crippen molar-refractivity contribution in [3.63, 3.8) is 0 Å². The molecule has 0 aliphatic rings. The van der Waals surface area contributed by atoms with Crippen LogP contribution in [-0.4, -0.2) is 4.37 Å². The zero-order valence-electron chi connectivity index (χ0n) is 7.98. The molecule has 0 radical (unpaired) electrons. The molecule has 2 rings (SSSR count). The zero-order chi connectivity index (χ0) is 11.5. The van der Waals surface area contributed by atoms with E-state index in [9.17, 15) is 0 Å². The Labute approximate surface area is 101 Å². The van der Waals surface area contributed by atoms with Gasteiger partial charge in [0.25, 0.3) is 0 Å². The number of nitrogens with two attached hydrogens (primary N) is 1. The second-order valence-corrected chi connectivity index (χ2v) is 4.01. The van der Waals surface area contributed by atoms with Crippen LogP contribution in [0.15, 0.2) is 24.3 Å². The maximum absolute atomic E-state index is 8.84. The molecule has 0 fully saturated rings. The molecule has 0 aliphatic heterocycles. The predicted octanol–water partition coefficient (Wildman–Crippen LogP) is 3.04. The van der Waals surface area contributed by atoms with Crippen molar-refractivity contribution in [2.75, 3.05) is 5.73 Å². The van der Waals surface area contributed by atoms with Crippen LogP contribution in [0.2, 0.25) is 5.15 Å². The van der Waals surface area contributed by atoms with E-state index >= 15 is 0 Å². The minimum atomic E-state index is 0.165. The molecule has 1 aromatic heterocycles. The number of halogens is 1. The lowest BCUT2D eigenvalue weighted by atomic mass is 10.3. The molecule has 4 nitrogen and oxygen atoms in total. The Morgan fingerprint density at radius 3 is 2.69 bits per heavy atom. The van der Waals surface area contributed by atoms with Gasteiger partial charge in [0, 0.05) is 17.2 Å². The van der Waals surface area contributed by atoms with Crippen molar-refractivity contribution in [3.8, 4) is 16.9 Å². The van der Waals surface area contributed by atoms with Crippen LogP contribution in [0.5, 0.6) is 10.8 Å². The van der Waals surface area contributed by atoms with Gasteiger partial charge in [-0.25, -0.2) is 0 Å². The molecule has 2 N–H and O–H groups in total. The van der Waals surface area contributed by atoms with E-state index in [0.717, 1.165) is 11.5 Å². The summed E-state index contributed by atoms with van der Waals surface area (Å²) in [7, 11) is 0. The maximum atomic E-state index is 8.84. The van der Waals surface area contributed by atoms with Crippen LogP contribution in [0, 0.1) is 11.3 Å². The molecule has 1 heterocycles. The number of benzene rings is 1. The summed E-state index contributed by atoms with van der Waals surface area (Å²) in [6.45, 7) is 0. The summed E-state index contributed by atoms with van der Waals surface area (Å²) < 4.78 is 9.31. The minimum absolute atomic E-state index is 0.165. The highest BCUT2D eigenvalue weighted by atomic mass is 35.5. The van der Waals surface area contributed by atoms with Gasteiger partial charge in [-0.15, -0.1) is 0 Å². The van der Waals surface area contributed by atoms with E-state index in [-0.39, 0.29) is 10.7 Å². The van der Waals surface area contributed by atoms with E-state index < -0.39 is 0 Å². The van der Waals surface area contributed by atoms with E-state index in [2.05, 4.69) is 4.37 Å². The highest BCUT2D eigenvalue weighted by Crippen LogP contribution is 2.33. The van der Waals surface area contributed by atoms with Crippen molar-refractivity contribution >= 4 is 28.8 Å². The molecule has 16 heavy (non-hydrogen) atoms. The highest BCUT2D eigenvalue weighted by Gasteiger charge is 2.13. The van der Waals surface area contributed by atoms with Gasteiger partial charge in [0.2, 0.25) is 5.06 Å². The van der Waals surface area contributed by atoms with Gasteiger partial charge in [-0.05, 0) is 24.3 Å². The molecule has 1 aromatic carbocycles. The van der Waals surface area contributed by atoms with Crippen LogP contribution in [0.1, 0.15) is 5.56 Å². The van der Waals surface area contributed by atoms with Crippen molar-refractivity contribution in [1.29, 1.82) is 5.26 Å². The van der Waals surface area contributed by atoms with Crippen LogP contribution in [-0.2, 0) is 0 Å². The van der Waals surface area contributed by atoms with Gasteiger partial charge in [-0.3, -0.25) is 0 Å². The second kappa shape index (κ2) is 4.39. The van der Waals surface area contributed by atoms with Gasteiger partial charge in [0.05, 0.1) is 0 Å². The fourth-order valence-electron chi connectivity index (χ4n) is 1.06. The predicted molar refractivity (Wildman–Crippen MR) is 62.8 cm³/mol. The van der Waals surface area contributed by atoms with Gasteiger partial charge in [0.15, 0.2) is 5.15 Å². The van der Waals surface area contributed by atoms with E-state index in [1.54, 1.807) is 24.3 Å². The smallest absolute Gasteiger partial charge is 0.219 e. The van der Waals surface area contributed by atoms with Crippen molar-refractivity contribution in [2.24, 2.45) is 0 Å². The van der Waals surface area contributed by atoms with Gasteiger partial charge in [-0.1, -0.05) is 11.6 Å². The third kappa shape index (κ3) is 2.08. The SMILES string of the molecule is N#Cc1c(Cl)nsc1Oc1ccc(N)cc1. The lowest BCUT2D eigenvalue weighted by molar-refractivity contribution is 0.495. The Morgan fingerprint density at radius 2 is 2.06 bits per heavy atom. The van der Waals surface area contributed by atoms with Crippen LogP contribution < -0.4 is 10.5 Å². The van der Waals surface area contributed by atoms with Gasteiger partial charge >= 0.3 is 0 Å². The summed E-state index contributed by atoms with van der Waals surface area (Å²) in [5.41, 5.74) is 6.44. The van der Waals surface area contributed by atoms with E-state index in [1.807, 2.05) is 6.07 Å². The molecule has 6 heteroatoms. The molecule has 0 saturated heterocycles. The quantitative estimate of drug-likeness (QED) is 0.833. The second-order valence-electron chi connectivity index (χ2n) is 2.92. The van der Waals surface area contributed by atoms with Crippen molar-refractivity contribution in [3.05, 3.63) is 35.0 Å². The van der Waals surface area contributed by atoms with Crippen molar-refractivity contribution in [1.82, 2.24) is 4.37 Å². The summed E-state index contributed by atoms with van der Waals surface area (Å²) in [6.07, 6.45) is 0. The summed E-state index contributed by atoms with van der Waals surface area (Å²) in [4.78, 5) is 0. The van der Waals surface area contributed by atoms with E-state index in [0.29, 0.717) is 16.5 Å². The molecule has 0 amide bonds. The number of hydrogen-bond donors (Lipinski definition) is 1. The number of nitrogen functional groups attached to an aromatic ring is 1. The first-order valence-corrected chi connectivity index (χ1v) is 5.44. The molecule has 0 saturated carbocycles. The first-order valence-electron chi connectivity index (χ1n) is 4.29. The monoisotopic (exact) mass is 251 g/mol. The number of nitrogens with zero attached hydrogens (tertiary/aromatic N) is 2. The molecular formula is C10H6ClN3OS. The molecule has 0 atom stereocenters. The molecule has 0 aliphatic carbocycles. The van der Waals surface area contributed by atoms with Gasteiger partial charge in [-0.2, -0.15) is 9.64 Å². The van der Waals surface area contributed by atoms with Crippen molar-refractivity contribution < 1.29 is 4.74 Å². The van der Waals surface area contributed by atoms with Crippen LogP contribution in [0.25, 0.3) is 0 Å². The van der Waals surface area contributed by atoms with Crippen LogP contribution >= 0.6 is 23.1 Å². The van der Waals surface area contributed by atoms with Crippen LogP contribution in [0.4, 0.5) is 5.69 Å². The standard InChI is InChI=1S/C10H6ClN3OS/c11-9-8(5-12)10(16-14-9)15-7-3-1-6(13)2-4-7/h1-4H,13H2. The lowest BCUT2D eigenvalue weighted by Crippen LogP contribution is -1.86. The Hall–Kier alpha value is -1.77. The normalized spacial score (nSPS) is 9.75. The fraction of sp³-hybridized carbons (Fsp3) is 0. The third-order valence-corrected chi connectivity index (χ3v) is 2.92. The van der Waals surface area contributed by atoms with Crippen molar-refractivity contribution in [2.45, 2.75) is 0 Å². The number of ether oxygens (including phenoxy) is 1. The average molecular weight is 252 g/mol. The molecular weight excluding hydrogens is 246 g/mol. The average Bonchev–Trinajstić information content (AvgIpc) is 2.63. The highest BCUT2D eigenvalue weighted by molar-refractivity contribution is 7.08. The number of nitriles is 1. The maximum Gasteiger partial charge on any atom is 0.219 e. The van der Waals surface area contributed by atoms with E-state index in [4.69, 9.17) is 27.3 Å². The molecule has 2 aromatic rings. The third-order valence-electron chi connectivity index (χ3n) is 1.82. The number of rotatable bonds is 2. The Bertz CT molecular complexity index is 544.